The molecule has 142 valence electrons. The minimum Gasteiger partial charge on any atom is -0.378 e. The van der Waals surface area contributed by atoms with Gasteiger partial charge in [-0.2, -0.15) is 0 Å². The van der Waals surface area contributed by atoms with Crippen molar-refractivity contribution in [2.75, 3.05) is 31.2 Å². The first kappa shape index (κ1) is 18.2. The Bertz CT molecular complexity index is 971. The molecule has 1 saturated heterocycles. The third-order valence-electron chi connectivity index (χ3n) is 4.85. The molecule has 0 saturated carbocycles. The molecule has 1 amide bonds. The Morgan fingerprint density at radius 3 is 2.71 bits per heavy atom. The molecule has 5 nitrogen and oxygen atoms in total. The Balaban J connectivity index is 1.34. The molecular weight excluding hydrogens is 350 g/mol. The van der Waals surface area contributed by atoms with E-state index in [0.717, 1.165) is 54.0 Å². The number of benzene rings is 2. The zero-order valence-corrected chi connectivity index (χ0v) is 15.7. The largest absolute Gasteiger partial charge is 0.378 e. The smallest absolute Gasteiger partial charge is 0.244 e. The van der Waals surface area contributed by atoms with Crippen LogP contribution >= 0.6 is 0 Å². The Morgan fingerprint density at radius 1 is 1.07 bits per heavy atom. The maximum atomic E-state index is 12.2. The topological polar surface area (TPSA) is 54.5 Å². The van der Waals surface area contributed by atoms with E-state index in [0.29, 0.717) is 6.54 Å². The lowest BCUT2D eigenvalue weighted by atomic mass is 10.0. The number of aromatic nitrogens is 1. The van der Waals surface area contributed by atoms with Crippen molar-refractivity contribution in [2.45, 2.75) is 6.54 Å². The first-order valence-electron chi connectivity index (χ1n) is 9.51. The van der Waals surface area contributed by atoms with Crippen LogP contribution < -0.4 is 10.2 Å². The van der Waals surface area contributed by atoms with Gasteiger partial charge < -0.3 is 15.0 Å². The average Bonchev–Trinajstić information content (AvgIpc) is 2.77. The van der Waals surface area contributed by atoms with Gasteiger partial charge in [-0.3, -0.25) is 4.79 Å². The standard InChI is InChI=1S/C23H23N3O2/c27-23(11-9-20-6-3-5-19-4-1-2-7-21(19)20)25-17-18-8-10-22(24-16-18)26-12-14-28-15-13-26/h1-11,16H,12-15,17H2,(H,25,27). The van der Waals surface area contributed by atoms with E-state index in [4.69, 9.17) is 4.74 Å². The van der Waals surface area contributed by atoms with Gasteiger partial charge in [-0.25, -0.2) is 4.98 Å². The number of fused-ring (bicyclic) bond motifs is 1. The van der Waals surface area contributed by atoms with Crippen LogP contribution in [0.25, 0.3) is 16.8 Å². The summed E-state index contributed by atoms with van der Waals surface area (Å²) in [6.45, 7) is 3.66. The van der Waals surface area contributed by atoms with Crippen molar-refractivity contribution in [2.24, 2.45) is 0 Å². The molecule has 1 N–H and O–H groups in total. The normalized spacial score (nSPS) is 14.5. The zero-order chi connectivity index (χ0) is 19.2. The molecule has 3 aromatic rings. The van der Waals surface area contributed by atoms with Gasteiger partial charge in [0, 0.05) is 31.9 Å². The van der Waals surface area contributed by atoms with Crippen LogP contribution in [0, 0.1) is 0 Å². The molecule has 1 aromatic heterocycles. The first-order valence-corrected chi connectivity index (χ1v) is 9.51. The Morgan fingerprint density at radius 2 is 1.89 bits per heavy atom. The fourth-order valence-electron chi connectivity index (χ4n) is 3.31. The molecule has 0 bridgehead atoms. The number of pyridine rings is 1. The Hall–Kier alpha value is -3.18. The van der Waals surface area contributed by atoms with Gasteiger partial charge in [-0.1, -0.05) is 48.5 Å². The molecule has 0 unspecified atom stereocenters. The molecule has 1 aliphatic rings. The van der Waals surface area contributed by atoms with Crippen molar-refractivity contribution in [1.82, 2.24) is 10.3 Å². The van der Waals surface area contributed by atoms with Gasteiger partial charge in [0.2, 0.25) is 5.91 Å². The lowest BCUT2D eigenvalue weighted by Gasteiger charge is -2.27. The molecule has 0 aliphatic carbocycles. The summed E-state index contributed by atoms with van der Waals surface area (Å²) in [6, 6.07) is 18.2. The minimum absolute atomic E-state index is 0.120. The van der Waals surface area contributed by atoms with E-state index in [-0.39, 0.29) is 5.91 Å². The van der Waals surface area contributed by atoms with Gasteiger partial charge in [-0.05, 0) is 34.0 Å². The fraction of sp³-hybridized carbons (Fsp3) is 0.217. The van der Waals surface area contributed by atoms with E-state index in [9.17, 15) is 4.79 Å². The number of carbonyl (C=O) groups is 1. The van der Waals surface area contributed by atoms with E-state index in [1.54, 1.807) is 6.08 Å². The number of rotatable bonds is 5. The predicted octanol–water partition coefficient (Wildman–Crippen LogP) is 3.40. The van der Waals surface area contributed by atoms with Gasteiger partial charge in [0.05, 0.1) is 13.2 Å². The van der Waals surface area contributed by atoms with Gasteiger partial charge in [0.1, 0.15) is 5.82 Å². The van der Waals surface area contributed by atoms with E-state index < -0.39 is 0 Å². The number of anilines is 1. The summed E-state index contributed by atoms with van der Waals surface area (Å²) >= 11 is 0. The van der Waals surface area contributed by atoms with Crippen LogP contribution in [0.4, 0.5) is 5.82 Å². The van der Waals surface area contributed by atoms with E-state index in [2.05, 4.69) is 33.4 Å². The number of morpholine rings is 1. The molecule has 1 aliphatic heterocycles. The van der Waals surface area contributed by atoms with Crippen molar-refractivity contribution in [3.8, 4) is 0 Å². The lowest BCUT2D eigenvalue weighted by Crippen LogP contribution is -2.36. The van der Waals surface area contributed by atoms with Gasteiger partial charge in [-0.15, -0.1) is 0 Å². The molecule has 0 radical (unpaired) electrons. The predicted molar refractivity (Wildman–Crippen MR) is 112 cm³/mol. The summed E-state index contributed by atoms with van der Waals surface area (Å²) in [4.78, 5) is 18.9. The zero-order valence-electron chi connectivity index (χ0n) is 15.7. The maximum absolute atomic E-state index is 12.2. The molecule has 4 rings (SSSR count). The van der Waals surface area contributed by atoms with E-state index in [1.165, 1.54) is 0 Å². The molecule has 28 heavy (non-hydrogen) atoms. The summed E-state index contributed by atoms with van der Waals surface area (Å²) in [6.07, 6.45) is 5.26. The lowest BCUT2D eigenvalue weighted by molar-refractivity contribution is -0.116. The quantitative estimate of drug-likeness (QED) is 0.697. The van der Waals surface area contributed by atoms with E-state index >= 15 is 0 Å². The second-order valence-electron chi connectivity index (χ2n) is 6.74. The number of hydrogen-bond acceptors (Lipinski definition) is 4. The van der Waals surface area contributed by atoms with Crippen LogP contribution in [0.2, 0.25) is 0 Å². The van der Waals surface area contributed by atoms with Crippen molar-refractivity contribution >= 4 is 28.6 Å². The monoisotopic (exact) mass is 373 g/mol. The molecule has 5 heteroatoms. The Labute approximate surface area is 164 Å². The molecule has 2 heterocycles. The van der Waals surface area contributed by atoms with Crippen LogP contribution in [-0.2, 0) is 16.1 Å². The van der Waals surface area contributed by atoms with Crippen LogP contribution in [0.1, 0.15) is 11.1 Å². The number of carbonyl (C=O) groups excluding carboxylic acids is 1. The summed E-state index contributed by atoms with van der Waals surface area (Å²) < 4.78 is 5.37. The van der Waals surface area contributed by atoms with Gasteiger partial charge in [0.25, 0.3) is 0 Å². The highest BCUT2D eigenvalue weighted by molar-refractivity contribution is 5.96. The van der Waals surface area contributed by atoms with Crippen LogP contribution in [-0.4, -0.2) is 37.2 Å². The second-order valence-corrected chi connectivity index (χ2v) is 6.74. The van der Waals surface area contributed by atoms with Gasteiger partial charge >= 0.3 is 0 Å². The molecule has 1 fully saturated rings. The maximum Gasteiger partial charge on any atom is 0.244 e. The summed E-state index contributed by atoms with van der Waals surface area (Å²) in [5.74, 6) is 0.833. The highest BCUT2D eigenvalue weighted by Gasteiger charge is 2.11. The number of amides is 1. The van der Waals surface area contributed by atoms with E-state index in [1.807, 2.05) is 48.7 Å². The molecule has 0 spiro atoms. The number of ether oxygens (including phenoxy) is 1. The van der Waals surface area contributed by atoms with Gasteiger partial charge in [0.15, 0.2) is 0 Å². The van der Waals surface area contributed by atoms with Crippen LogP contribution in [0.5, 0.6) is 0 Å². The third-order valence-corrected chi connectivity index (χ3v) is 4.85. The SMILES string of the molecule is O=C(C=Cc1cccc2ccccc12)NCc1ccc(N2CCOCC2)nc1. The number of hydrogen-bond donors (Lipinski definition) is 1. The molecular formula is C23H23N3O2. The summed E-state index contributed by atoms with van der Waals surface area (Å²) in [5, 5.41) is 5.22. The third kappa shape index (κ3) is 4.38. The van der Waals surface area contributed by atoms with Crippen LogP contribution in [0.3, 0.4) is 0 Å². The minimum atomic E-state index is -0.120. The average molecular weight is 373 g/mol. The molecule has 2 aromatic carbocycles. The van der Waals surface area contributed by atoms with Crippen molar-refractivity contribution < 1.29 is 9.53 Å². The second kappa shape index (κ2) is 8.67. The number of nitrogens with zero attached hydrogens (tertiary/aromatic N) is 2. The highest BCUT2D eigenvalue weighted by atomic mass is 16.5. The number of nitrogens with one attached hydrogen (secondary N) is 1. The fourth-order valence-corrected chi connectivity index (χ4v) is 3.31. The summed E-state index contributed by atoms with van der Waals surface area (Å²) in [5.41, 5.74) is 2.01. The van der Waals surface area contributed by atoms with Crippen molar-refractivity contribution in [3.05, 3.63) is 78.0 Å². The highest BCUT2D eigenvalue weighted by Crippen LogP contribution is 2.19. The van der Waals surface area contributed by atoms with Crippen molar-refractivity contribution in [3.63, 3.8) is 0 Å². The summed E-state index contributed by atoms with van der Waals surface area (Å²) in [7, 11) is 0. The van der Waals surface area contributed by atoms with Crippen LogP contribution in [0.15, 0.2) is 66.9 Å². The molecule has 0 atom stereocenters. The first-order chi connectivity index (χ1) is 13.8. The van der Waals surface area contributed by atoms with Crippen molar-refractivity contribution in [1.29, 1.82) is 0 Å². The Kier molecular flexibility index (Phi) is 5.64.